The quantitative estimate of drug-likeness (QED) is 0.815. The second-order valence-electron chi connectivity index (χ2n) is 5.69. The molecule has 0 aromatic heterocycles. The van der Waals surface area contributed by atoms with Gasteiger partial charge in [-0.2, -0.15) is 0 Å². The summed E-state index contributed by atoms with van der Waals surface area (Å²) >= 11 is 0. The zero-order valence-corrected chi connectivity index (χ0v) is 12.3. The molecule has 0 unspecified atom stereocenters. The van der Waals surface area contributed by atoms with Gasteiger partial charge in [-0.1, -0.05) is 13.8 Å². The summed E-state index contributed by atoms with van der Waals surface area (Å²) in [5, 5.41) is 3.46. The van der Waals surface area contributed by atoms with Crippen LogP contribution in [0.15, 0.2) is 12.1 Å². The molecule has 3 nitrogen and oxygen atoms in total. The number of hydrogen-bond acceptors (Lipinski definition) is 3. The fraction of sp³-hybridized carbons (Fsp3) is 0.600. The topological polar surface area (TPSA) is 47.3 Å². The lowest BCUT2D eigenvalue weighted by Gasteiger charge is -2.22. The Morgan fingerprint density at radius 3 is 2.22 bits per heavy atom. The van der Waals surface area contributed by atoms with E-state index in [1.165, 1.54) is 0 Å². The Labute approximate surface area is 111 Å². The van der Waals surface area contributed by atoms with Crippen molar-refractivity contribution in [2.24, 2.45) is 11.1 Å². The molecule has 0 aliphatic carbocycles. The highest BCUT2D eigenvalue weighted by Crippen LogP contribution is 2.27. The van der Waals surface area contributed by atoms with Gasteiger partial charge in [-0.3, -0.25) is 0 Å². The van der Waals surface area contributed by atoms with Crippen molar-refractivity contribution in [1.82, 2.24) is 0 Å². The van der Waals surface area contributed by atoms with Gasteiger partial charge in [0.2, 0.25) is 0 Å². The van der Waals surface area contributed by atoms with Crippen molar-refractivity contribution in [1.29, 1.82) is 0 Å². The average molecular weight is 250 g/mol. The summed E-state index contributed by atoms with van der Waals surface area (Å²) < 4.78 is 5.36. The number of hydrogen-bond donors (Lipinski definition) is 2. The third kappa shape index (κ3) is 3.91. The normalized spacial score (nSPS) is 11.4. The number of anilines is 1. The van der Waals surface area contributed by atoms with E-state index in [0.717, 1.165) is 42.1 Å². The minimum absolute atomic E-state index is 0.198. The molecule has 0 fully saturated rings. The lowest BCUT2D eigenvalue weighted by Crippen LogP contribution is -2.26. The third-order valence-corrected chi connectivity index (χ3v) is 3.35. The molecule has 0 radical (unpaired) electrons. The van der Waals surface area contributed by atoms with Gasteiger partial charge in [0.15, 0.2) is 0 Å². The van der Waals surface area contributed by atoms with E-state index in [1.807, 2.05) is 0 Å². The van der Waals surface area contributed by atoms with E-state index in [4.69, 9.17) is 10.5 Å². The Bertz CT molecular complexity index is 376. The van der Waals surface area contributed by atoms with Gasteiger partial charge in [-0.15, -0.1) is 0 Å². The molecule has 18 heavy (non-hydrogen) atoms. The first-order valence-electron chi connectivity index (χ1n) is 6.49. The van der Waals surface area contributed by atoms with Crippen LogP contribution in [0.4, 0.5) is 5.69 Å². The first-order valence-corrected chi connectivity index (χ1v) is 6.49. The molecule has 0 atom stereocenters. The van der Waals surface area contributed by atoms with E-state index in [-0.39, 0.29) is 5.41 Å². The Morgan fingerprint density at radius 1 is 1.22 bits per heavy atom. The summed E-state index contributed by atoms with van der Waals surface area (Å²) in [5.74, 6) is 0.975. The van der Waals surface area contributed by atoms with Crippen LogP contribution in [0.1, 0.15) is 31.4 Å². The third-order valence-electron chi connectivity index (χ3n) is 3.35. The molecule has 1 aromatic rings. The number of nitrogens with two attached hydrogens (primary N) is 1. The second-order valence-corrected chi connectivity index (χ2v) is 5.69. The summed E-state index contributed by atoms with van der Waals surface area (Å²) in [5.41, 5.74) is 9.41. The van der Waals surface area contributed by atoms with Crippen molar-refractivity contribution in [2.45, 2.75) is 34.1 Å². The van der Waals surface area contributed by atoms with Gasteiger partial charge in [0.25, 0.3) is 0 Å². The predicted octanol–water partition coefficient (Wildman–Crippen LogP) is 3.10. The summed E-state index contributed by atoms with van der Waals surface area (Å²) in [4.78, 5) is 0. The van der Waals surface area contributed by atoms with Gasteiger partial charge in [-0.25, -0.2) is 0 Å². The van der Waals surface area contributed by atoms with E-state index in [0.29, 0.717) is 0 Å². The van der Waals surface area contributed by atoms with Gasteiger partial charge in [0.1, 0.15) is 5.75 Å². The first kappa shape index (κ1) is 14.8. The predicted molar refractivity (Wildman–Crippen MR) is 78.4 cm³/mol. The summed E-state index contributed by atoms with van der Waals surface area (Å²) in [6.45, 7) is 10.2. The van der Waals surface area contributed by atoms with E-state index in [2.05, 4.69) is 45.1 Å². The highest BCUT2D eigenvalue weighted by Gasteiger charge is 2.14. The number of benzene rings is 1. The molecule has 0 amide bonds. The maximum atomic E-state index is 5.73. The monoisotopic (exact) mass is 250 g/mol. The molecule has 0 aliphatic heterocycles. The fourth-order valence-electron chi connectivity index (χ4n) is 2.02. The molecule has 3 heteroatoms. The molecule has 3 N–H and O–H groups in total. The Morgan fingerprint density at radius 2 is 1.78 bits per heavy atom. The van der Waals surface area contributed by atoms with Crippen molar-refractivity contribution >= 4 is 5.69 Å². The highest BCUT2D eigenvalue weighted by molar-refractivity contribution is 5.55. The molecular weight excluding hydrogens is 224 g/mol. The van der Waals surface area contributed by atoms with Crippen molar-refractivity contribution in [2.75, 3.05) is 25.5 Å². The Kier molecular flexibility index (Phi) is 5.03. The molecule has 102 valence electrons. The van der Waals surface area contributed by atoms with Crippen molar-refractivity contribution < 1.29 is 4.74 Å². The zero-order valence-electron chi connectivity index (χ0n) is 12.3. The van der Waals surface area contributed by atoms with E-state index in [9.17, 15) is 0 Å². The van der Waals surface area contributed by atoms with E-state index < -0.39 is 0 Å². The van der Waals surface area contributed by atoms with Gasteiger partial charge in [-0.05, 0) is 55.5 Å². The van der Waals surface area contributed by atoms with E-state index in [1.54, 1.807) is 7.11 Å². The maximum Gasteiger partial charge on any atom is 0.124 e. The number of aryl methyl sites for hydroxylation is 2. The molecule has 0 spiro atoms. The lowest BCUT2D eigenvalue weighted by atomic mass is 9.90. The van der Waals surface area contributed by atoms with Crippen LogP contribution >= 0.6 is 0 Å². The Hall–Kier alpha value is -1.22. The van der Waals surface area contributed by atoms with Crippen LogP contribution in [-0.4, -0.2) is 20.2 Å². The zero-order chi connectivity index (χ0) is 13.8. The first-order chi connectivity index (χ1) is 8.39. The minimum atomic E-state index is 0.198. The van der Waals surface area contributed by atoms with Crippen LogP contribution in [0.3, 0.4) is 0 Å². The molecule has 0 saturated carbocycles. The minimum Gasteiger partial charge on any atom is -0.496 e. The Balaban J connectivity index is 2.64. The largest absolute Gasteiger partial charge is 0.496 e. The highest BCUT2D eigenvalue weighted by atomic mass is 16.5. The molecule has 0 heterocycles. The fourth-order valence-corrected chi connectivity index (χ4v) is 2.02. The van der Waals surface area contributed by atoms with Gasteiger partial charge in [0, 0.05) is 12.2 Å². The summed E-state index contributed by atoms with van der Waals surface area (Å²) in [7, 11) is 1.71. The average Bonchev–Trinajstić information content (AvgIpc) is 2.28. The standard InChI is InChI=1S/C15H26N2O/c1-11-8-13(9-12(2)14(11)18-5)17-7-6-15(3,4)10-16/h8-9,17H,6-7,10,16H2,1-5H3. The van der Waals surface area contributed by atoms with Crippen LogP contribution in [0.2, 0.25) is 0 Å². The summed E-state index contributed by atoms with van der Waals surface area (Å²) in [6, 6.07) is 4.25. The molecule has 0 aliphatic rings. The van der Waals surface area contributed by atoms with E-state index >= 15 is 0 Å². The van der Waals surface area contributed by atoms with Crippen LogP contribution in [0.25, 0.3) is 0 Å². The molecule has 0 saturated heterocycles. The molecule has 1 aromatic carbocycles. The van der Waals surface area contributed by atoms with Crippen LogP contribution in [-0.2, 0) is 0 Å². The van der Waals surface area contributed by atoms with Crippen molar-refractivity contribution in [3.63, 3.8) is 0 Å². The number of rotatable bonds is 6. The number of ether oxygens (including phenoxy) is 1. The molecular formula is C15H26N2O. The van der Waals surface area contributed by atoms with Crippen LogP contribution < -0.4 is 15.8 Å². The number of methoxy groups -OCH3 is 1. The van der Waals surface area contributed by atoms with Crippen molar-refractivity contribution in [3.8, 4) is 5.75 Å². The summed E-state index contributed by atoms with van der Waals surface area (Å²) in [6.07, 6.45) is 1.06. The van der Waals surface area contributed by atoms with Gasteiger partial charge >= 0.3 is 0 Å². The van der Waals surface area contributed by atoms with Crippen LogP contribution in [0, 0.1) is 19.3 Å². The lowest BCUT2D eigenvalue weighted by molar-refractivity contribution is 0.358. The van der Waals surface area contributed by atoms with Gasteiger partial charge in [0.05, 0.1) is 7.11 Å². The molecule has 1 rings (SSSR count). The molecule has 0 bridgehead atoms. The second kappa shape index (κ2) is 6.10. The van der Waals surface area contributed by atoms with Gasteiger partial charge < -0.3 is 15.8 Å². The maximum absolute atomic E-state index is 5.73. The van der Waals surface area contributed by atoms with Crippen LogP contribution in [0.5, 0.6) is 5.75 Å². The van der Waals surface area contributed by atoms with Crippen molar-refractivity contribution in [3.05, 3.63) is 23.3 Å². The SMILES string of the molecule is COc1c(C)cc(NCCC(C)(C)CN)cc1C. The smallest absolute Gasteiger partial charge is 0.124 e. The number of nitrogens with one attached hydrogen (secondary N) is 1.